The fourth-order valence-electron chi connectivity index (χ4n) is 1.50. The molecule has 128 valence electrons. The lowest BCUT2D eigenvalue weighted by atomic mass is 10.1. The zero-order valence-corrected chi connectivity index (χ0v) is 11.9. The van der Waals surface area contributed by atoms with Crippen molar-refractivity contribution < 1.29 is 35.8 Å². The second-order valence-corrected chi connectivity index (χ2v) is 4.26. The van der Waals surface area contributed by atoms with Crippen molar-refractivity contribution in [2.45, 2.75) is 18.5 Å². The molecule has 0 heterocycles. The van der Waals surface area contributed by atoms with Crippen LogP contribution in [-0.2, 0) is 0 Å². The molecule has 0 fully saturated rings. The van der Waals surface area contributed by atoms with Gasteiger partial charge in [0, 0.05) is 0 Å². The van der Waals surface area contributed by atoms with Gasteiger partial charge in [0.1, 0.15) is 17.7 Å². The molecule has 10 heteroatoms. The molecule has 0 spiro atoms. The molecule has 0 aliphatic heterocycles. The van der Waals surface area contributed by atoms with E-state index in [2.05, 4.69) is 9.47 Å². The lowest BCUT2D eigenvalue weighted by Crippen LogP contribution is -2.45. The maximum atomic E-state index is 13.3. The number of hydrogen-bond acceptors (Lipinski definition) is 4. The highest BCUT2D eigenvalue weighted by Crippen LogP contribution is 2.39. The minimum atomic E-state index is -5.81. The summed E-state index contributed by atoms with van der Waals surface area (Å²) in [5.41, 5.74) is -0.148. The molecule has 24 heavy (non-hydrogen) atoms. The maximum Gasteiger partial charge on any atom is 0.439 e. The summed E-state index contributed by atoms with van der Waals surface area (Å²) in [4.78, 5) is 0. The van der Waals surface area contributed by atoms with E-state index < -0.39 is 30.0 Å². The highest BCUT2D eigenvalue weighted by atomic mass is 19.4. The molecule has 0 aromatic heterocycles. The van der Waals surface area contributed by atoms with Gasteiger partial charge in [-0.25, -0.2) is 4.39 Å². The summed E-state index contributed by atoms with van der Waals surface area (Å²) in [6.07, 6.45) is -14.4. The smallest absolute Gasteiger partial charge is 0.439 e. The van der Waals surface area contributed by atoms with Crippen LogP contribution in [0.1, 0.15) is 5.56 Å². The Hall–Kier alpha value is -2.88. The van der Waals surface area contributed by atoms with Crippen molar-refractivity contribution in [3.8, 4) is 23.6 Å². The lowest BCUT2D eigenvalue weighted by molar-refractivity contribution is -0.305. The Morgan fingerprint density at radius 3 is 2.17 bits per heavy atom. The molecule has 4 nitrogen and oxygen atoms in total. The highest BCUT2D eigenvalue weighted by Gasteiger charge is 2.59. The van der Waals surface area contributed by atoms with E-state index in [1.807, 2.05) is 0 Å². The second-order valence-electron chi connectivity index (χ2n) is 4.26. The fraction of sp³-hybridized carbons (Fsp3) is 0.286. The highest BCUT2D eigenvalue weighted by molar-refractivity contribution is 5.64. The van der Waals surface area contributed by atoms with Gasteiger partial charge in [-0.1, -0.05) is 6.07 Å². The number of nitriles is 2. The van der Waals surface area contributed by atoms with Gasteiger partial charge in [0.15, 0.2) is 11.5 Å². The Balaban J connectivity index is 3.17. The summed E-state index contributed by atoms with van der Waals surface area (Å²) in [5, 5.41) is 17.2. The summed E-state index contributed by atoms with van der Waals surface area (Å²) in [6, 6.07) is 6.01. The van der Waals surface area contributed by atoms with Gasteiger partial charge in [0.2, 0.25) is 0 Å². The quantitative estimate of drug-likeness (QED) is 0.595. The molecule has 0 aliphatic rings. The third-order valence-corrected chi connectivity index (χ3v) is 2.57. The molecular formula is C14H8F6N2O2. The topological polar surface area (TPSA) is 66.0 Å². The second kappa shape index (κ2) is 7.13. The molecule has 1 aromatic rings. The molecule has 0 amide bonds. The number of hydrogen-bond donors (Lipinski definition) is 0. The van der Waals surface area contributed by atoms with Crippen molar-refractivity contribution in [1.29, 1.82) is 10.5 Å². The third-order valence-electron chi connectivity index (χ3n) is 2.57. The van der Waals surface area contributed by atoms with Gasteiger partial charge in [-0.2, -0.15) is 32.5 Å². The molecule has 0 aliphatic carbocycles. The van der Waals surface area contributed by atoms with Crippen molar-refractivity contribution in [3.05, 3.63) is 29.3 Å². The maximum absolute atomic E-state index is 13.3. The SMILES string of the molecule is COc1cc(C=C(C#N)C#N)ccc1OC(F)(F)C(F)C(F)(F)F. The van der Waals surface area contributed by atoms with Crippen LogP contribution in [0.15, 0.2) is 23.8 Å². The van der Waals surface area contributed by atoms with Gasteiger partial charge in [-0.05, 0) is 23.8 Å². The Bertz CT molecular complexity index is 699. The number of benzene rings is 1. The standard InChI is InChI=1S/C14H8F6N2O2/c1-23-11-5-8(4-9(6-21)7-22)2-3-10(11)24-14(19,20)12(15)13(16,17)18/h2-5,12H,1H3. The summed E-state index contributed by atoms with van der Waals surface area (Å²) < 4.78 is 84.1. The van der Waals surface area contributed by atoms with Gasteiger partial charge < -0.3 is 9.47 Å². The number of ether oxygens (including phenoxy) is 2. The molecule has 0 saturated heterocycles. The number of methoxy groups -OCH3 is 1. The van der Waals surface area contributed by atoms with E-state index >= 15 is 0 Å². The van der Waals surface area contributed by atoms with Gasteiger partial charge in [-0.15, -0.1) is 0 Å². The molecule has 1 unspecified atom stereocenters. The van der Waals surface area contributed by atoms with Crippen molar-refractivity contribution in [2.75, 3.05) is 7.11 Å². The average Bonchev–Trinajstić information content (AvgIpc) is 2.51. The minimum absolute atomic E-state index is 0.160. The molecule has 0 N–H and O–H groups in total. The molecule has 1 rings (SSSR count). The summed E-state index contributed by atoms with van der Waals surface area (Å²) in [7, 11) is 1.01. The normalized spacial score (nSPS) is 12.5. The average molecular weight is 350 g/mol. The zero-order valence-electron chi connectivity index (χ0n) is 11.9. The first-order valence-electron chi connectivity index (χ1n) is 6.02. The monoisotopic (exact) mass is 350 g/mol. The van der Waals surface area contributed by atoms with Crippen LogP contribution in [0.5, 0.6) is 11.5 Å². The van der Waals surface area contributed by atoms with Crippen LogP contribution in [-0.4, -0.2) is 25.6 Å². The Morgan fingerprint density at radius 1 is 1.12 bits per heavy atom. The third kappa shape index (κ3) is 4.56. The molecule has 0 saturated carbocycles. The number of nitrogens with zero attached hydrogens (tertiary/aromatic N) is 2. The van der Waals surface area contributed by atoms with Crippen molar-refractivity contribution >= 4 is 6.08 Å². The van der Waals surface area contributed by atoms with E-state index in [-0.39, 0.29) is 11.1 Å². The van der Waals surface area contributed by atoms with Crippen molar-refractivity contribution in [3.63, 3.8) is 0 Å². The Kier molecular flexibility index (Phi) is 5.69. The fourth-order valence-corrected chi connectivity index (χ4v) is 1.50. The van der Waals surface area contributed by atoms with Gasteiger partial charge in [0.05, 0.1) is 7.11 Å². The molecule has 1 atom stereocenters. The van der Waals surface area contributed by atoms with E-state index in [0.717, 1.165) is 31.4 Å². The molecule has 0 radical (unpaired) electrons. The Labute approximate surface area is 132 Å². The van der Waals surface area contributed by atoms with E-state index in [9.17, 15) is 26.3 Å². The Morgan fingerprint density at radius 2 is 1.71 bits per heavy atom. The van der Waals surface area contributed by atoms with Gasteiger partial charge in [-0.3, -0.25) is 0 Å². The van der Waals surface area contributed by atoms with Gasteiger partial charge >= 0.3 is 12.3 Å². The van der Waals surface area contributed by atoms with Crippen molar-refractivity contribution in [2.24, 2.45) is 0 Å². The minimum Gasteiger partial charge on any atom is -0.493 e. The van der Waals surface area contributed by atoms with Crippen molar-refractivity contribution in [1.82, 2.24) is 0 Å². The first-order chi connectivity index (χ1) is 11.0. The van der Waals surface area contributed by atoms with Crippen LogP contribution < -0.4 is 9.47 Å². The van der Waals surface area contributed by atoms with Crippen LogP contribution in [0, 0.1) is 22.7 Å². The van der Waals surface area contributed by atoms with Crippen LogP contribution in [0.4, 0.5) is 26.3 Å². The van der Waals surface area contributed by atoms with E-state index in [1.165, 1.54) is 0 Å². The van der Waals surface area contributed by atoms with Crippen LogP contribution in [0.25, 0.3) is 6.08 Å². The lowest BCUT2D eigenvalue weighted by Gasteiger charge is -2.24. The first-order valence-corrected chi connectivity index (χ1v) is 6.02. The van der Waals surface area contributed by atoms with Crippen LogP contribution >= 0.6 is 0 Å². The zero-order chi connectivity index (χ0) is 18.5. The number of alkyl halides is 6. The van der Waals surface area contributed by atoms with E-state index in [1.54, 1.807) is 12.1 Å². The summed E-state index contributed by atoms with van der Waals surface area (Å²) in [6.45, 7) is 0. The van der Waals surface area contributed by atoms with E-state index in [0.29, 0.717) is 0 Å². The first kappa shape index (κ1) is 19.2. The predicted octanol–water partition coefficient (Wildman–Crippen LogP) is 4.00. The summed E-state index contributed by atoms with van der Waals surface area (Å²) in [5.74, 6) is -1.28. The molecule has 0 bridgehead atoms. The van der Waals surface area contributed by atoms with E-state index in [4.69, 9.17) is 10.5 Å². The predicted molar refractivity (Wildman–Crippen MR) is 68.7 cm³/mol. The largest absolute Gasteiger partial charge is 0.493 e. The number of rotatable bonds is 5. The number of allylic oxidation sites excluding steroid dienone is 1. The molecular weight excluding hydrogens is 342 g/mol. The van der Waals surface area contributed by atoms with Crippen LogP contribution in [0.2, 0.25) is 0 Å². The molecule has 1 aromatic carbocycles. The van der Waals surface area contributed by atoms with Gasteiger partial charge in [0.25, 0.3) is 6.17 Å². The van der Waals surface area contributed by atoms with Crippen LogP contribution in [0.3, 0.4) is 0 Å². The number of halogens is 6. The summed E-state index contributed by atoms with van der Waals surface area (Å²) >= 11 is 0.